The van der Waals surface area contributed by atoms with Crippen LogP contribution in [0.4, 0.5) is 0 Å². The molecule has 2 aromatic rings. The Hall–Kier alpha value is -2.00. The van der Waals surface area contributed by atoms with Crippen LogP contribution in [-0.2, 0) is 11.3 Å². The van der Waals surface area contributed by atoms with E-state index in [0.717, 1.165) is 11.1 Å². The Morgan fingerprint density at radius 3 is 2.45 bits per heavy atom. The van der Waals surface area contributed by atoms with E-state index in [-0.39, 0.29) is 5.91 Å². The molecular weight excluding hydrogens is 298 g/mol. The van der Waals surface area contributed by atoms with E-state index in [1.54, 1.807) is 13.0 Å². The number of nitrogens with one attached hydrogen (secondary N) is 1. The molecule has 0 saturated carbocycles. The molecule has 116 valence electrons. The Bertz CT molecular complexity index is 653. The van der Waals surface area contributed by atoms with Gasteiger partial charge in [-0.2, -0.15) is 0 Å². The van der Waals surface area contributed by atoms with Crippen LogP contribution in [0.5, 0.6) is 5.75 Å². The molecule has 1 unspecified atom stereocenters. The van der Waals surface area contributed by atoms with E-state index in [1.165, 1.54) is 5.56 Å². The smallest absolute Gasteiger partial charge is 0.261 e. The van der Waals surface area contributed by atoms with Crippen molar-refractivity contribution in [2.24, 2.45) is 0 Å². The molecule has 0 heterocycles. The van der Waals surface area contributed by atoms with Crippen molar-refractivity contribution in [2.75, 3.05) is 0 Å². The largest absolute Gasteiger partial charge is 0.479 e. The van der Waals surface area contributed by atoms with Gasteiger partial charge in [-0.3, -0.25) is 4.79 Å². The molecule has 1 atom stereocenters. The number of carbonyl (C=O) groups excluding carboxylic acids is 1. The van der Waals surface area contributed by atoms with Crippen LogP contribution >= 0.6 is 11.6 Å². The molecule has 0 radical (unpaired) electrons. The van der Waals surface area contributed by atoms with Crippen LogP contribution in [0.25, 0.3) is 0 Å². The summed E-state index contributed by atoms with van der Waals surface area (Å²) in [4.78, 5) is 12.1. The minimum atomic E-state index is -0.607. The maximum atomic E-state index is 12.1. The van der Waals surface area contributed by atoms with Gasteiger partial charge in [0, 0.05) is 6.54 Å². The van der Waals surface area contributed by atoms with Gasteiger partial charge in [0.25, 0.3) is 5.91 Å². The lowest BCUT2D eigenvalue weighted by Gasteiger charge is -2.16. The minimum absolute atomic E-state index is 0.168. The van der Waals surface area contributed by atoms with Gasteiger partial charge < -0.3 is 10.1 Å². The summed E-state index contributed by atoms with van der Waals surface area (Å²) in [6, 6.07) is 13.5. The van der Waals surface area contributed by atoms with Gasteiger partial charge in [0.15, 0.2) is 6.10 Å². The number of rotatable bonds is 5. The minimum Gasteiger partial charge on any atom is -0.479 e. The molecule has 0 spiro atoms. The zero-order valence-electron chi connectivity index (χ0n) is 13.0. The molecule has 3 nitrogen and oxygen atoms in total. The van der Waals surface area contributed by atoms with Crippen molar-refractivity contribution in [3.8, 4) is 5.75 Å². The van der Waals surface area contributed by atoms with Crippen molar-refractivity contribution in [2.45, 2.75) is 33.4 Å². The zero-order chi connectivity index (χ0) is 16.1. The summed E-state index contributed by atoms with van der Waals surface area (Å²) in [5.74, 6) is 0.359. The Balaban J connectivity index is 1.91. The number of halogens is 1. The third-order valence-electron chi connectivity index (χ3n) is 3.35. The van der Waals surface area contributed by atoms with Crippen LogP contribution < -0.4 is 10.1 Å². The van der Waals surface area contributed by atoms with Crippen LogP contribution in [0, 0.1) is 13.8 Å². The number of benzene rings is 2. The first-order chi connectivity index (χ1) is 10.5. The Morgan fingerprint density at radius 2 is 1.77 bits per heavy atom. The summed E-state index contributed by atoms with van der Waals surface area (Å²) in [7, 11) is 0. The van der Waals surface area contributed by atoms with Gasteiger partial charge in [-0.25, -0.2) is 0 Å². The number of aryl methyl sites for hydroxylation is 2. The van der Waals surface area contributed by atoms with Crippen molar-refractivity contribution in [3.63, 3.8) is 0 Å². The van der Waals surface area contributed by atoms with E-state index in [2.05, 4.69) is 5.32 Å². The van der Waals surface area contributed by atoms with Crippen molar-refractivity contribution in [1.82, 2.24) is 5.32 Å². The van der Waals surface area contributed by atoms with Crippen molar-refractivity contribution in [1.29, 1.82) is 0 Å². The van der Waals surface area contributed by atoms with Gasteiger partial charge >= 0.3 is 0 Å². The van der Waals surface area contributed by atoms with Gasteiger partial charge in [0.2, 0.25) is 0 Å². The van der Waals surface area contributed by atoms with Crippen LogP contribution in [0.3, 0.4) is 0 Å². The van der Waals surface area contributed by atoms with Crippen molar-refractivity contribution in [3.05, 3.63) is 64.2 Å². The predicted octanol–water partition coefficient (Wildman–Crippen LogP) is 4.04. The molecule has 0 aromatic heterocycles. The fourth-order valence-corrected chi connectivity index (χ4v) is 2.15. The fourth-order valence-electron chi connectivity index (χ4n) is 1.98. The maximum absolute atomic E-state index is 12.1. The number of hydrogen-bond acceptors (Lipinski definition) is 2. The van der Waals surface area contributed by atoms with Crippen molar-refractivity contribution < 1.29 is 9.53 Å². The Kier molecular flexibility index (Phi) is 5.45. The van der Waals surface area contributed by atoms with Gasteiger partial charge in [-0.05, 0) is 44.0 Å². The molecule has 0 bridgehead atoms. The summed E-state index contributed by atoms with van der Waals surface area (Å²) >= 11 is 6.08. The standard InChI is InChI=1S/C18H20ClNO2/c1-12-4-7-15(8-5-12)11-20-18(21)14(3)22-17-10-13(2)6-9-16(17)19/h4-10,14H,11H2,1-3H3,(H,20,21). The summed E-state index contributed by atoms with van der Waals surface area (Å²) in [5.41, 5.74) is 3.28. The first-order valence-electron chi connectivity index (χ1n) is 7.22. The molecule has 2 rings (SSSR count). The molecule has 0 fully saturated rings. The van der Waals surface area contributed by atoms with E-state index in [1.807, 2.05) is 50.2 Å². The highest BCUT2D eigenvalue weighted by atomic mass is 35.5. The Labute approximate surface area is 136 Å². The average Bonchev–Trinajstić information content (AvgIpc) is 2.50. The van der Waals surface area contributed by atoms with E-state index >= 15 is 0 Å². The monoisotopic (exact) mass is 317 g/mol. The van der Waals surface area contributed by atoms with E-state index < -0.39 is 6.10 Å². The van der Waals surface area contributed by atoms with Crippen LogP contribution in [-0.4, -0.2) is 12.0 Å². The van der Waals surface area contributed by atoms with E-state index in [0.29, 0.717) is 17.3 Å². The summed E-state index contributed by atoms with van der Waals surface area (Å²) < 4.78 is 5.65. The molecule has 4 heteroatoms. The highest BCUT2D eigenvalue weighted by molar-refractivity contribution is 6.32. The second-order valence-corrected chi connectivity index (χ2v) is 5.80. The van der Waals surface area contributed by atoms with Crippen LogP contribution in [0.1, 0.15) is 23.6 Å². The lowest BCUT2D eigenvalue weighted by molar-refractivity contribution is -0.127. The molecular formula is C18H20ClNO2. The highest BCUT2D eigenvalue weighted by Gasteiger charge is 2.15. The second-order valence-electron chi connectivity index (χ2n) is 5.40. The third kappa shape index (κ3) is 4.50. The van der Waals surface area contributed by atoms with Gasteiger partial charge in [0.1, 0.15) is 5.75 Å². The molecule has 1 N–H and O–H groups in total. The second kappa shape index (κ2) is 7.32. The third-order valence-corrected chi connectivity index (χ3v) is 3.66. The number of hydrogen-bond donors (Lipinski definition) is 1. The average molecular weight is 318 g/mol. The Morgan fingerprint density at radius 1 is 1.14 bits per heavy atom. The normalized spacial score (nSPS) is 11.8. The summed E-state index contributed by atoms with van der Waals surface area (Å²) in [5, 5.41) is 3.37. The summed E-state index contributed by atoms with van der Waals surface area (Å²) in [6.07, 6.45) is -0.607. The maximum Gasteiger partial charge on any atom is 0.261 e. The van der Waals surface area contributed by atoms with Crippen molar-refractivity contribution >= 4 is 17.5 Å². The topological polar surface area (TPSA) is 38.3 Å². The molecule has 0 aliphatic heterocycles. The first-order valence-corrected chi connectivity index (χ1v) is 7.59. The van der Waals surface area contributed by atoms with Gasteiger partial charge in [-0.1, -0.05) is 47.5 Å². The number of carbonyl (C=O) groups is 1. The number of ether oxygens (including phenoxy) is 1. The van der Waals surface area contributed by atoms with Crippen LogP contribution in [0.15, 0.2) is 42.5 Å². The summed E-state index contributed by atoms with van der Waals surface area (Å²) in [6.45, 7) is 6.17. The molecule has 1 amide bonds. The molecule has 0 aliphatic rings. The lowest BCUT2D eigenvalue weighted by atomic mass is 10.1. The molecule has 0 aliphatic carbocycles. The van der Waals surface area contributed by atoms with Gasteiger partial charge in [0.05, 0.1) is 5.02 Å². The van der Waals surface area contributed by atoms with E-state index in [4.69, 9.17) is 16.3 Å². The van der Waals surface area contributed by atoms with Gasteiger partial charge in [-0.15, -0.1) is 0 Å². The fraction of sp³-hybridized carbons (Fsp3) is 0.278. The van der Waals surface area contributed by atoms with E-state index in [9.17, 15) is 4.79 Å². The first kappa shape index (κ1) is 16.4. The lowest BCUT2D eigenvalue weighted by Crippen LogP contribution is -2.35. The molecule has 0 saturated heterocycles. The SMILES string of the molecule is Cc1ccc(CNC(=O)C(C)Oc2cc(C)ccc2Cl)cc1. The van der Waals surface area contributed by atoms with Crippen LogP contribution in [0.2, 0.25) is 5.02 Å². The quantitative estimate of drug-likeness (QED) is 0.903. The molecule has 2 aromatic carbocycles. The highest BCUT2D eigenvalue weighted by Crippen LogP contribution is 2.26. The zero-order valence-corrected chi connectivity index (χ0v) is 13.8. The predicted molar refractivity (Wildman–Crippen MR) is 89.3 cm³/mol. The number of amides is 1. The molecule has 22 heavy (non-hydrogen) atoms.